The number of carbonyl (C=O) groups is 3. The van der Waals surface area contributed by atoms with Crippen LogP contribution in [0.2, 0.25) is 0 Å². The van der Waals surface area contributed by atoms with Crippen LogP contribution in [-0.4, -0.2) is 30.8 Å². The summed E-state index contributed by atoms with van der Waals surface area (Å²) in [6, 6.07) is 27.4. The summed E-state index contributed by atoms with van der Waals surface area (Å²) in [5, 5.41) is 10.5. The first-order valence-electron chi connectivity index (χ1n) is 11.0. The van der Waals surface area contributed by atoms with Gasteiger partial charge >= 0.3 is 0 Å². The lowest BCUT2D eigenvalue weighted by atomic mass is 10.1. The standard InChI is InChI=1S/C28H25N3O3/c1-19-6-8-22(9-7-19)28(34)31-25-14-12-21(13-15-25)26(32)29-16-17-30-27(33)24-11-10-20-4-2-3-5-23(20)18-24/h2-15,18H,16-17H2,1H3,(H,29,32)(H,30,33)(H,31,34). The molecular weight excluding hydrogens is 426 g/mol. The fraction of sp³-hybridized carbons (Fsp3) is 0.107. The first kappa shape index (κ1) is 22.7. The molecular formula is C28H25N3O3. The molecule has 0 unspecified atom stereocenters. The second kappa shape index (κ2) is 10.4. The fourth-order valence-electron chi connectivity index (χ4n) is 3.50. The predicted molar refractivity (Wildman–Crippen MR) is 134 cm³/mol. The lowest BCUT2D eigenvalue weighted by molar-refractivity contribution is 0.0928. The highest BCUT2D eigenvalue weighted by atomic mass is 16.2. The highest BCUT2D eigenvalue weighted by molar-refractivity contribution is 6.04. The molecule has 0 spiro atoms. The summed E-state index contributed by atoms with van der Waals surface area (Å²) in [4.78, 5) is 37.1. The first-order valence-corrected chi connectivity index (χ1v) is 11.0. The molecule has 4 rings (SSSR count). The van der Waals surface area contributed by atoms with Gasteiger partial charge in [-0.3, -0.25) is 14.4 Å². The van der Waals surface area contributed by atoms with Gasteiger partial charge in [-0.1, -0.05) is 48.0 Å². The molecule has 0 aliphatic carbocycles. The van der Waals surface area contributed by atoms with Gasteiger partial charge in [-0.2, -0.15) is 0 Å². The summed E-state index contributed by atoms with van der Waals surface area (Å²) < 4.78 is 0. The molecule has 0 atom stereocenters. The monoisotopic (exact) mass is 451 g/mol. The van der Waals surface area contributed by atoms with Crippen LogP contribution in [0.3, 0.4) is 0 Å². The van der Waals surface area contributed by atoms with Gasteiger partial charge in [-0.05, 0) is 66.2 Å². The van der Waals surface area contributed by atoms with Crippen molar-refractivity contribution in [2.45, 2.75) is 6.92 Å². The fourth-order valence-corrected chi connectivity index (χ4v) is 3.50. The molecule has 0 fully saturated rings. The number of hydrogen-bond donors (Lipinski definition) is 3. The Morgan fingerprint density at radius 3 is 1.79 bits per heavy atom. The van der Waals surface area contributed by atoms with Crippen LogP contribution in [0.15, 0.2) is 91.0 Å². The van der Waals surface area contributed by atoms with Crippen molar-refractivity contribution in [1.29, 1.82) is 0 Å². The van der Waals surface area contributed by atoms with Crippen molar-refractivity contribution < 1.29 is 14.4 Å². The van der Waals surface area contributed by atoms with Gasteiger partial charge in [0.15, 0.2) is 0 Å². The van der Waals surface area contributed by atoms with E-state index in [-0.39, 0.29) is 17.7 Å². The van der Waals surface area contributed by atoms with E-state index < -0.39 is 0 Å². The van der Waals surface area contributed by atoms with Crippen LogP contribution in [0.1, 0.15) is 36.6 Å². The van der Waals surface area contributed by atoms with Crippen molar-refractivity contribution in [1.82, 2.24) is 10.6 Å². The predicted octanol–water partition coefficient (Wildman–Crippen LogP) is 4.56. The van der Waals surface area contributed by atoms with Crippen molar-refractivity contribution in [2.75, 3.05) is 18.4 Å². The quantitative estimate of drug-likeness (QED) is 0.360. The first-order chi connectivity index (χ1) is 16.5. The van der Waals surface area contributed by atoms with Gasteiger partial charge in [-0.15, -0.1) is 0 Å². The third kappa shape index (κ3) is 5.66. The maximum atomic E-state index is 12.4. The summed E-state index contributed by atoms with van der Waals surface area (Å²) in [6.07, 6.45) is 0. The molecule has 4 aromatic carbocycles. The summed E-state index contributed by atoms with van der Waals surface area (Å²) in [7, 11) is 0. The zero-order valence-corrected chi connectivity index (χ0v) is 18.8. The Kier molecular flexibility index (Phi) is 6.98. The average Bonchev–Trinajstić information content (AvgIpc) is 2.87. The Balaban J connectivity index is 1.24. The normalized spacial score (nSPS) is 10.5. The van der Waals surface area contributed by atoms with E-state index in [4.69, 9.17) is 0 Å². The van der Waals surface area contributed by atoms with Crippen LogP contribution in [-0.2, 0) is 0 Å². The number of rotatable bonds is 7. The van der Waals surface area contributed by atoms with Gasteiger partial charge in [-0.25, -0.2) is 0 Å². The lowest BCUT2D eigenvalue weighted by Gasteiger charge is -2.09. The number of hydrogen-bond acceptors (Lipinski definition) is 3. The number of carbonyl (C=O) groups excluding carboxylic acids is 3. The van der Waals surface area contributed by atoms with E-state index in [1.165, 1.54) is 0 Å². The third-order valence-corrected chi connectivity index (χ3v) is 5.43. The maximum Gasteiger partial charge on any atom is 0.255 e. The number of anilines is 1. The van der Waals surface area contributed by atoms with Crippen molar-refractivity contribution in [3.05, 3.63) is 113 Å². The van der Waals surface area contributed by atoms with Crippen LogP contribution < -0.4 is 16.0 Å². The molecule has 170 valence electrons. The Morgan fingerprint density at radius 1 is 0.588 bits per heavy atom. The highest BCUT2D eigenvalue weighted by Crippen LogP contribution is 2.15. The molecule has 0 bridgehead atoms. The second-order valence-corrected chi connectivity index (χ2v) is 7.97. The number of amides is 3. The van der Waals surface area contributed by atoms with Crippen LogP contribution in [0.5, 0.6) is 0 Å². The zero-order chi connectivity index (χ0) is 23.9. The van der Waals surface area contributed by atoms with E-state index in [0.717, 1.165) is 16.3 Å². The van der Waals surface area contributed by atoms with Crippen molar-refractivity contribution >= 4 is 34.2 Å². The zero-order valence-electron chi connectivity index (χ0n) is 18.8. The van der Waals surface area contributed by atoms with Crippen LogP contribution in [0.4, 0.5) is 5.69 Å². The van der Waals surface area contributed by atoms with E-state index in [1.807, 2.05) is 55.5 Å². The van der Waals surface area contributed by atoms with E-state index in [0.29, 0.717) is 35.5 Å². The smallest absolute Gasteiger partial charge is 0.255 e. The minimum absolute atomic E-state index is 0.186. The van der Waals surface area contributed by atoms with Gasteiger partial charge < -0.3 is 16.0 Å². The Morgan fingerprint density at radius 2 is 1.12 bits per heavy atom. The number of benzene rings is 4. The lowest BCUT2D eigenvalue weighted by Crippen LogP contribution is -2.34. The van der Waals surface area contributed by atoms with Crippen LogP contribution in [0.25, 0.3) is 10.8 Å². The molecule has 34 heavy (non-hydrogen) atoms. The molecule has 0 radical (unpaired) electrons. The Bertz CT molecular complexity index is 1330. The van der Waals surface area contributed by atoms with E-state index in [1.54, 1.807) is 42.5 Å². The molecule has 0 aliphatic rings. The van der Waals surface area contributed by atoms with Gasteiger partial charge in [0.25, 0.3) is 17.7 Å². The average molecular weight is 452 g/mol. The van der Waals surface area contributed by atoms with Crippen molar-refractivity contribution in [2.24, 2.45) is 0 Å². The molecule has 0 saturated heterocycles. The van der Waals surface area contributed by atoms with Gasteiger partial charge in [0.05, 0.1) is 0 Å². The van der Waals surface area contributed by atoms with Gasteiger partial charge in [0, 0.05) is 35.5 Å². The van der Waals surface area contributed by atoms with E-state index in [2.05, 4.69) is 16.0 Å². The third-order valence-electron chi connectivity index (χ3n) is 5.43. The van der Waals surface area contributed by atoms with E-state index in [9.17, 15) is 14.4 Å². The Hall–Kier alpha value is -4.45. The van der Waals surface area contributed by atoms with Gasteiger partial charge in [0.1, 0.15) is 0 Å². The number of aryl methyl sites for hydroxylation is 1. The minimum Gasteiger partial charge on any atom is -0.350 e. The van der Waals surface area contributed by atoms with Gasteiger partial charge in [0.2, 0.25) is 0 Å². The molecule has 0 aromatic heterocycles. The molecule has 4 aromatic rings. The van der Waals surface area contributed by atoms with Crippen LogP contribution >= 0.6 is 0 Å². The Labute approximate surface area is 198 Å². The van der Waals surface area contributed by atoms with Crippen molar-refractivity contribution in [3.63, 3.8) is 0 Å². The maximum absolute atomic E-state index is 12.4. The second-order valence-electron chi connectivity index (χ2n) is 7.97. The SMILES string of the molecule is Cc1ccc(C(=O)Nc2ccc(C(=O)NCCNC(=O)c3ccc4ccccc4c3)cc2)cc1. The minimum atomic E-state index is -0.253. The van der Waals surface area contributed by atoms with Crippen LogP contribution in [0, 0.1) is 6.92 Å². The molecule has 0 heterocycles. The molecule has 0 saturated carbocycles. The topological polar surface area (TPSA) is 87.3 Å². The summed E-state index contributed by atoms with van der Waals surface area (Å²) >= 11 is 0. The summed E-state index contributed by atoms with van der Waals surface area (Å²) in [5.74, 6) is -0.649. The molecule has 6 nitrogen and oxygen atoms in total. The highest BCUT2D eigenvalue weighted by Gasteiger charge is 2.09. The van der Waals surface area contributed by atoms with E-state index >= 15 is 0 Å². The molecule has 6 heteroatoms. The molecule has 0 aliphatic heterocycles. The molecule has 3 N–H and O–H groups in total. The summed E-state index contributed by atoms with van der Waals surface area (Å²) in [5.41, 5.74) is 3.30. The largest absolute Gasteiger partial charge is 0.350 e. The molecule has 3 amide bonds. The number of fused-ring (bicyclic) bond motifs is 1. The number of nitrogens with one attached hydrogen (secondary N) is 3. The van der Waals surface area contributed by atoms with Crippen molar-refractivity contribution in [3.8, 4) is 0 Å². The summed E-state index contributed by atoms with van der Waals surface area (Å²) in [6.45, 7) is 2.57.